The van der Waals surface area contributed by atoms with Gasteiger partial charge < -0.3 is 10.5 Å². The first kappa shape index (κ1) is 12.3. The van der Waals surface area contributed by atoms with Gasteiger partial charge in [-0.25, -0.2) is 4.39 Å². The highest BCUT2D eigenvalue weighted by Crippen LogP contribution is 2.24. The monoisotopic (exact) mass is 238 g/mol. The number of methoxy groups -OCH3 is 1. The number of hydrogen-bond acceptors (Lipinski definition) is 3. The van der Waals surface area contributed by atoms with Crippen LogP contribution in [-0.2, 0) is 6.54 Å². The number of rotatable bonds is 4. The largest absolute Gasteiger partial charge is 0.496 e. The zero-order valence-electron chi connectivity index (χ0n) is 10.2. The Hall–Kier alpha value is -1.13. The van der Waals surface area contributed by atoms with Crippen LogP contribution in [0, 0.1) is 11.7 Å². The molecule has 1 unspecified atom stereocenters. The fourth-order valence-electron chi connectivity index (χ4n) is 2.36. The van der Waals surface area contributed by atoms with E-state index in [-0.39, 0.29) is 5.82 Å². The van der Waals surface area contributed by atoms with Crippen LogP contribution in [0.25, 0.3) is 0 Å². The summed E-state index contributed by atoms with van der Waals surface area (Å²) in [6.07, 6.45) is 1.13. The van der Waals surface area contributed by atoms with E-state index in [0.29, 0.717) is 5.92 Å². The van der Waals surface area contributed by atoms with E-state index in [1.807, 2.05) is 0 Å². The fourth-order valence-corrected chi connectivity index (χ4v) is 2.36. The van der Waals surface area contributed by atoms with Crippen molar-refractivity contribution >= 4 is 0 Å². The Morgan fingerprint density at radius 1 is 1.53 bits per heavy atom. The molecule has 1 fully saturated rings. The van der Waals surface area contributed by atoms with Crippen LogP contribution in [0.3, 0.4) is 0 Å². The molecule has 4 heteroatoms. The molecule has 0 amide bonds. The van der Waals surface area contributed by atoms with E-state index in [4.69, 9.17) is 10.5 Å². The number of benzene rings is 1. The third-order valence-corrected chi connectivity index (χ3v) is 3.34. The van der Waals surface area contributed by atoms with E-state index in [1.165, 1.54) is 6.07 Å². The highest BCUT2D eigenvalue weighted by Gasteiger charge is 2.22. The quantitative estimate of drug-likeness (QED) is 0.866. The number of nitrogens with zero attached hydrogens (tertiary/aromatic N) is 1. The number of hydrogen-bond donors (Lipinski definition) is 1. The van der Waals surface area contributed by atoms with Crippen LogP contribution in [-0.4, -0.2) is 31.6 Å². The third kappa shape index (κ3) is 2.96. The van der Waals surface area contributed by atoms with Crippen molar-refractivity contribution in [3.8, 4) is 5.75 Å². The third-order valence-electron chi connectivity index (χ3n) is 3.34. The molecular formula is C13H19FN2O. The van der Waals surface area contributed by atoms with E-state index in [2.05, 4.69) is 4.90 Å². The number of likely N-dealkylation sites (tertiary alicyclic amines) is 1. The summed E-state index contributed by atoms with van der Waals surface area (Å²) in [5.41, 5.74) is 6.57. The van der Waals surface area contributed by atoms with Crippen molar-refractivity contribution in [3.63, 3.8) is 0 Å². The van der Waals surface area contributed by atoms with Gasteiger partial charge in [-0.05, 0) is 43.6 Å². The van der Waals surface area contributed by atoms with Gasteiger partial charge in [-0.1, -0.05) is 0 Å². The molecule has 1 aromatic carbocycles. The maximum absolute atomic E-state index is 13.2. The maximum Gasteiger partial charge on any atom is 0.123 e. The molecule has 0 radical (unpaired) electrons. The lowest BCUT2D eigenvalue weighted by Gasteiger charge is -2.17. The molecular weight excluding hydrogens is 219 g/mol. The van der Waals surface area contributed by atoms with Gasteiger partial charge in [-0.3, -0.25) is 4.90 Å². The van der Waals surface area contributed by atoms with Crippen LogP contribution in [0.1, 0.15) is 12.0 Å². The predicted octanol–water partition coefficient (Wildman–Crippen LogP) is 1.61. The van der Waals surface area contributed by atoms with E-state index in [9.17, 15) is 4.39 Å². The molecule has 0 aliphatic carbocycles. The van der Waals surface area contributed by atoms with Crippen LogP contribution < -0.4 is 10.5 Å². The Morgan fingerprint density at radius 2 is 2.35 bits per heavy atom. The molecule has 1 heterocycles. The number of halogens is 1. The molecule has 17 heavy (non-hydrogen) atoms. The summed E-state index contributed by atoms with van der Waals surface area (Å²) in [7, 11) is 1.61. The van der Waals surface area contributed by atoms with Crippen molar-refractivity contribution in [1.82, 2.24) is 4.90 Å². The normalized spacial score (nSPS) is 20.8. The summed E-state index contributed by atoms with van der Waals surface area (Å²) in [5.74, 6) is 1.12. The summed E-state index contributed by atoms with van der Waals surface area (Å²) in [4.78, 5) is 2.30. The summed E-state index contributed by atoms with van der Waals surface area (Å²) in [6.45, 7) is 3.49. The van der Waals surface area contributed by atoms with Crippen molar-refractivity contribution in [2.75, 3.05) is 26.7 Å². The van der Waals surface area contributed by atoms with Crippen molar-refractivity contribution in [3.05, 3.63) is 29.6 Å². The minimum Gasteiger partial charge on any atom is -0.496 e. The Morgan fingerprint density at radius 3 is 3.00 bits per heavy atom. The molecule has 94 valence electrons. The average Bonchev–Trinajstić information content (AvgIpc) is 2.77. The van der Waals surface area contributed by atoms with Gasteiger partial charge in [0.15, 0.2) is 0 Å². The summed E-state index contributed by atoms with van der Waals surface area (Å²) in [6, 6.07) is 4.66. The van der Waals surface area contributed by atoms with E-state index in [1.54, 1.807) is 19.2 Å². The minimum atomic E-state index is -0.213. The number of nitrogens with two attached hydrogens (primary N) is 1. The van der Waals surface area contributed by atoms with Gasteiger partial charge in [0, 0.05) is 18.7 Å². The van der Waals surface area contributed by atoms with E-state index in [0.717, 1.165) is 43.9 Å². The second-order valence-corrected chi connectivity index (χ2v) is 4.58. The average molecular weight is 238 g/mol. The second kappa shape index (κ2) is 5.47. The summed E-state index contributed by atoms with van der Waals surface area (Å²) < 4.78 is 18.5. The molecule has 0 aromatic heterocycles. The molecule has 1 aliphatic heterocycles. The topological polar surface area (TPSA) is 38.5 Å². The standard InChI is InChI=1S/C13H19FN2O/c1-17-13-3-2-12(14)6-11(13)9-16-5-4-10(7-15)8-16/h2-3,6,10H,4-5,7-9,15H2,1H3. The van der Waals surface area contributed by atoms with E-state index >= 15 is 0 Å². The number of ether oxygens (including phenoxy) is 1. The first-order valence-corrected chi connectivity index (χ1v) is 5.97. The molecule has 1 atom stereocenters. The van der Waals surface area contributed by atoms with Gasteiger partial charge in [0.1, 0.15) is 11.6 Å². The van der Waals surface area contributed by atoms with Crippen molar-refractivity contribution in [2.24, 2.45) is 11.7 Å². The lowest BCUT2D eigenvalue weighted by Crippen LogP contribution is -2.23. The van der Waals surface area contributed by atoms with Crippen molar-refractivity contribution in [1.29, 1.82) is 0 Å². The Bertz CT molecular complexity index is 384. The van der Waals surface area contributed by atoms with Gasteiger partial charge >= 0.3 is 0 Å². The first-order valence-electron chi connectivity index (χ1n) is 5.97. The minimum absolute atomic E-state index is 0.213. The van der Waals surface area contributed by atoms with Gasteiger partial charge in [-0.15, -0.1) is 0 Å². The summed E-state index contributed by atoms with van der Waals surface area (Å²) >= 11 is 0. The van der Waals surface area contributed by atoms with Crippen LogP contribution in [0.4, 0.5) is 4.39 Å². The maximum atomic E-state index is 13.2. The Labute approximate surface area is 101 Å². The van der Waals surface area contributed by atoms with Crippen LogP contribution in [0.15, 0.2) is 18.2 Å². The predicted molar refractivity (Wildman–Crippen MR) is 65.4 cm³/mol. The summed E-state index contributed by atoms with van der Waals surface area (Å²) in [5, 5.41) is 0. The lowest BCUT2D eigenvalue weighted by molar-refractivity contribution is 0.308. The molecule has 0 spiro atoms. The Balaban J connectivity index is 2.05. The Kier molecular flexibility index (Phi) is 3.97. The molecule has 0 bridgehead atoms. The zero-order chi connectivity index (χ0) is 12.3. The van der Waals surface area contributed by atoms with Crippen molar-refractivity contribution in [2.45, 2.75) is 13.0 Å². The first-order chi connectivity index (χ1) is 8.22. The molecule has 0 saturated carbocycles. The van der Waals surface area contributed by atoms with Gasteiger partial charge in [0.2, 0.25) is 0 Å². The highest BCUT2D eigenvalue weighted by molar-refractivity contribution is 5.33. The van der Waals surface area contributed by atoms with Crippen LogP contribution in [0.5, 0.6) is 5.75 Å². The SMILES string of the molecule is COc1ccc(F)cc1CN1CCC(CN)C1. The lowest BCUT2D eigenvalue weighted by atomic mass is 10.1. The van der Waals surface area contributed by atoms with Gasteiger partial charge in [0.25, 0.3) is 0 Å². The molecule has 2 N–H and O–H groups in total. The smallest absolute Gasteiger partial charge is 0.123 e. The molecule has 2 rings (SSSR count). The van der Waals surface area contributed by atoms with Gasteiger partial charge in [0.05, 0.1) is 7.11 Å². The molecule has 1 aliphatic rings. The van der Waals surface area contributed by atoms with E-state index < -0.39 is 0 Å². The fraction of sp³-hybridized carbons (Fsp3) is 0.538. The van der Waals surface area contributed by atoms with Gasteiger partial charge in [-0.2, -0.15) is 0 Å². The van der Waals surface area contributed by atoms with Crippen LogP contribution in [0.2, 0.25) is 0 Å². The molecule has 1 aromatic rings. The molecule has 1 saturated heterocycles. The molecule has 3 nitrogen and oxygen atoms in total. The second-order valence-electron chi connectivity index (χ2n) is 4.58. The van der Waals surface area contributed by atoms with Crippen LogP contribution >= 0.6 is 0 Å². The highest BCUT2D eigenvalue weighted by atomic mass is 19.1. The van der Waals surface area contributed by atoms with Crippen molar-refractivity contribution < 1.29 is 9.13 Å². The zero-order valence-corrected chi connectivity index (χ0v) is 10.2.